The number of nitrogens with one attached hydrogen (secondary N) is 2. The Morgan fingerprint density at radius 3 is 2.16 bits per heavy atom. The van der Waals surface area contributed by atoms with Crippen molar-refractivity contribution in [3.05, 3.63) is 131 Å². The Morgan fingerprint density at radius 1 is 0.843 bits per heavy atom. The topological polar surface area (TPSA) is 146 Å². The standard InChI is InChI=1S/C41H50N4O6/c1-28(40(49)32-10-4-3-5-11-32)45(2)26-34-24-37(31-20-18-30(27-46)19-21-31)51-41(50-34)33-22-16-29(17-23-33)25-43-38(47)14-8-9-15-39(48)44-36-13-7-6-12-35(36)42/h3-7,10-13,16-23,28,34,37,40-41,46,49H,8-9,14-15,24-27,42H2,1-2H3,(H,43,47)(H,44,48)/t28-,34+,37-,40-,41-/m0/s1. The fourth-order valence-electron chi connectivity index (χ4n) is 6.17. The predicted molar refractivity (Wildman–Crippen MR) is 198 cm³/mol. The van der Waals surface area contributed by atoms with Gasteiger partial charge in [-0.05, 0) is 61.2 Å². The molecule has 1 saturated heterocycles. The minimum atomic E-state index is -0.645. The third kappa shape index (κ3) is 11.0. The van der Waals surface area contributed by atoms with Crippen molar-refractivity contribution in [1.29, 1.82) is 0 Å². The van der Waals surface area contributed by atoms with Gasteiger partial charge in [0.05, 0.1) is 36.3 Å². The summed E-state index contributed by atoms with van der Waals surface area (Å²) in [5, 5.41) is 26.4. The van der Waals surface area contributed by atoms with Crippen LogP contribution in [0.1, 0.15) is 85.3 Å². The van der Waals surface area contributed by atoms with Crippen LogP contribution in [0.25, 0.3) is 0 Å². The smallest absolute Gasteiger partial charge is 0.224 e. The van der Waals surface area contributed by atoms with Crippen LogP contribution in [-0.2, 0) is 32.2 Å². The van der Waals surface area contributed by atoms with Gasteiger partial charge in [0.2, 0.25) is 11.8 Å². The number of ether oxygens (including phenoxy) is 2. The van der Waals surface area contributed by atoms with Gasteiger partial charge in [-0.25, -0.2) is 0 Å². The molecule has 10 heteroatoms. The monoisotopic (exact) mass is 694 g/mol. The van der Waals surface area contributed by atoms with Gasteiger partial charge in [-0.3, -0.25) is 14.5 Å². The maximum absolute atomic E-state index is 12.5. The highest BCUT2D eigenvalue weighted by molar-refractivity contribution is 5.93. The Bertz CT molecular complexity index is 1680. The van der Waals surface area contributed by atoms with Gasteiger partial charge in [0.1, 0.15) is 0 Å². The lowest BCUT2D eigenvalue weighted by atomic mass is 9.98. The summed E-state index contributed by atoms with van der Waals surface area (Å²) in [5.74, 6) is -0.195. The minimum absolute atomic E-state index is 0.0242. The first-order valence-electron chi connectivity index (χ1n) is 17.6. The number of rotatable bonds is 16. The van der Waals surface area contributed by atoms with E-state index in [1.165, 1.54) is 0 Å². The number of aliphatic hydroxyl groups excluding tert-OH is 2. The van der Waals surface area contributed by atoms with Crippen LogP contribution < -0.4 is 16.4 Å². The largest absolute Gasteiger partial charge is 0.397 e. The zero-order valence-electron chi connectivity index (χ0n) is 29.4. The molecule has 10 nitrogen and oxygen atoms in total. The fraction of sp³-hybridized carbons (Fsp3) is 0.366. The van der Waals surface area contributed by atoms with Gasteiger partial charge in [0, 0.05) is 44.0 Å². The third-order valence-corrected chi connectivity index (χ3v) is 9.43. The molecule has 0 spiro atoms. The number of nitrogens with two attached hydrogens (primary N) is 1. The number of hydrogen-bond acceptors (Lipinski definition) is 8. The van der Waals surface area contributed by atoms with Crippen LogP contribution in [0.3, 0.4) is 0 Å². The van der Waals surface area contributed by atoms with Crippen LogP contribution in [0.5, 0.6) is 0 Å². The number of carbonyl (C=O) groups excluding carboxylic acids is 2. The molecule has 1 heterocycles. The molecule has 5 atom stereocenters. The Morgan fingerprint density at radius 2 is 1.47 bits per heavy atom. The van der Waals surface area contributed by atoms with Crippen LogP contribution in [0.15, 0.2) is 103 Å². The van der Waals surface area contributed by atoms with E-state index in [1.807, 2.05) is 105 Å². The number of nitrogen functional groups attached to an aromatic ring is 1. The second-order valence-corrected chi connectivity index (χ2v) is 13.2. The van der Waals surface area contributed by atoms with E-state index in [4.69, 9.17) is 15.2 Å². The van der Waals surface area contributed by atoms with Crippen molar-refractivity contribution in [2.24, 2.45) is 0 Å². The molecule has 0 bridgehead atoms. The normalized spacial score (nSPS) is 18.6. The first-order valence-corrected chi connectivity index (χ1v) is 17.6. The number of aliphatic hydroxyl groups is 2. The fourth-order valence-corrected chi connectivity index (χ4v) is 6.17. The van der Waals surface area contributed by atoms with E-state index in [1.54, 1.807) is 12.1 Å². The van der Waals surface area contributed by atoms with Crippen molar-refractivity contribution >= 4 is 23.2 Å². The molecule has 0 saturated carbocycles. The number of para-hydroxylation sites is 2. The molecule has 270 valence electrons. The number of carbonyl (C=O) groups is 2. The summed E-state index contributed by atoms with van der Waals surface area (Å²) in [6.07, 6.45) is 0.802. The van der Waals surface area contributed by atoms with E-state index in [-0.39, 0.29) is 36.7 Å². The van der Waals surface area contributed by atoms with Gasteiger partial charge < -0.3 is 36.1 Å². The van der Waals surface area contributed by atoms with Crippen molar-refractivity contribution in [2.75, 3.05) is 24.6 Å². The van der Waals surface area contributed by atoms with Crippen molar-refractivity contribution in [1.82, 2.24) is 10.2 Å². The average molecular weight is 695 g/mol. The van der Waals surface area contributed by atoms with Gasteiger partial charge in [-0.2, -0.15) is 0 Å². The Hall–Kier alpha value is -4.58. The molecule has 0 unspecified atom stereocenters. The number of anilines is 2. The molecule has 6 N–H and O–H groups in total. The zero-order valence-corrected chi connectivity index (χ0v) is 29.4. The molecule has 4 aromatic rings. The third-order valence-electron chi connectivity index (χ3n) is 9.43. The van der Waals surface area contributed by atoms with E-state index < -0.39 is 12.4 Å². The van der Waals surface area contributed by atoms with Crippen LogP contribution in [-0.4, -0.2) is 52.7 Å². The quantitative estimate of drug-likeness (QED) is 0.0691. The van der Waals surface area contributed by atoms with Gasteiger partial charge in [0.25, 0.3) is 0 Å². The van der Waals surface area contributed by atoms with Crippen LogP contribution in [0.4, 0.5) is 11.4 Å². The highest BCUT2D eigenvalue weighted by Crippen LogP contribution is 2.38. The molecule has 2 amide bonds. The van der Waals surface area contributed by atoms with Crippen molar-refractivity contribution in [2.45, 2.75) is 82.8 Å². The lowest BCUT2D eigenvalue weighted by Gasteiger charge is -2.39. The second-order valence-electron chi connectivity index (χ2n) is 13.2. The Kier molecular flexibility index (Phi) is 13.7. The summed E-state index contributed by atoms with van der Waals surface area (Å²) in [5.41, 5.74) is 11.5. The summed E-state index contributed by atoms with van der Waals surface area (Å²) < 4.78 is 13.0. The van der Waals surface area contributed by atoms with Crippen molar-refractivity contribution < 1.29 is 29.3 Å². The van der Waals surface area contributed by atoms with E-state index in [9.17, 15) is 19.8 Å². The lowest BCUT2D eigenvalue weighted by molar-refractivity contribution is -0.253. The van der Waals surface area contributed by atoms with Crippen molar-refractivity contribution in [3.8, 4) is 0 Å². The summed E-state index contributed by atoms with van der Waals surface area (Å²) in [6.45, 7) is 2.96. The summed E-state index contributed by atoms with van der Waals surface area (Å²) >= 11 is 0. The molecule has 0 aliphatic carbocycles. The number of amides is 2. The second kappa shape index (κ2) is 18.6. The number of hydrogen-bond donors (Lipinski definition) is 5. The lowest BCUT2D eigenvalue weighted by Crippen LogP contribution is -2.43. The molecular weight excluding hydrogens is 644 g/mol. The predicted octanol–water partition coefficient (Wildman–Crippen LogP) is 6.18. The van der Waals surface area contributed by atoms with Crippen LogP contribution in [0.2, 0.25) is 0 Å². The number of likely N-dealkylation sites (N-methyl/N-ethyl adjacent to an activating group) is 1. The summed E-state index contributed by atoms with van der Waals surface area (Å²) in [7, 11) is 2.00. The SMILES string of the molecule is C[C@@H]([C@H](O)c1ccccc1)N(C)C[C@H]1C[C@@H](c2ccc(CO)cc2)O[C@@H](c2ccc(CNC(=O)CCCCC(=O)Nc3ccccc3N)cc2)O1. The van der Waals surface area contributed by atoms with Gasteiger partial charge in [-0.15, -0.1) is 0 Å². The van der Waals surface area contributed by atoms with Crippen LogP contribution >= 0.6 is 0 Å². The maximum Gasteiger partial charge on any atom is 0.224 e. The van der Waals surface area contributed by atoms with E-state index >= 15 is 0 Å². The van der Waals surface area contributed by atoms with Gasteiger partial charge in [0.15, 0.2) is 6.29 Å². The van der Waals surface area contributed by atoms with Gasteiger partial charge >= 0.3 is 0 Å². The van der Waals surface area contributed by atoms with E-state index in [0.717, 1.165) is 27.8 Å². The Labute approximate surface area is 300 Å². The molecule has 4 aromatic carbocycles. The highest BCUT2D eigenvalue weighted by Gasteiger charge is 2.34. The molecule has 51 heavy (non-hydrogen) atoms. The number of unbranched alkanes of at least 4 members (excludes halogenated alkanes) is 1. The number of nitrogens with zero attached hydrogens (tertiary/aromatic N) is 1. The average Bonchev–Trinajstić information content (AvgIpc) is 3.16. The summed E-state index contributed by atoms with van der Waals surface area (Å²) in [6, 6.07) is 32.3. The molecule has 0 aromatic heterocycles. The highest BCUT2D eigenvalue weighted by atomic mass is 16.7. The van der Waals surface area contributed by atoms with Gasteiger partial charge in [-0.1, -0.05) is 91.0 Å². The molecular formula is C41H50N4O6. The Balaban J connectivity index is 1.14. The number of benzene rings is 4. The van der Waals surface area contributed by atoms with Crippen molar-refractivity contribution in [3.63, 3.8) is 0 Å². The molecule has 0 radical (unpaired) electrons. The van der Waals surface area contributed by atoms with E-state index in [0.29, 0.717) is 56.6 Å². The van der Waals surface area contributed by atoms with E-state index in [2.05, 4.69) is 15.5 Å². The first kappa shape index (κ1) is 37.7. The minimum Gasteiger partial charge on any atom is -0.397 e. The first-order chi connectivity index (χ1) is 24.7. The van der Waals surface area contributed by atoms with Crippen LogP contribution in [0, 0.1) is 0 Å². The molecule has 5 rings (SSSR count). The zero-order chi connectivity index (χ0) is 36.2. The molecule has 1 aliphatic rings. The maximum atomic E-state index is 12.5. The summed E-state index contributed by atoms with van der Waals surface area (Å²) in [4.78, 5) is 26.9. The molecule has 1 fully saturated rings. The molecule has 1 aliphatic heterocycles.